The van der Waals surface area contributed by atoms with Crippen molar-refractivity contribution in [2.24, 2.45) is 0 Å². The average molecular weight is 187 g/mol. The Bertz CT molecular complexity index is 480. The van der Waals surface area contributed by atoms with Gasteiger partial charge in [0, 0.05) is 11.8 Å². The quantitative estimate of drug-likeness (QED) is 0.720. The summed E-state index contributed by atoms with van der Waals surface area (Å²) in [5.74, 6) is -0.104. The van der Waals surface area contributed by atoms with E-state index in [0.717, 1.165) is 0 Å². The summed E-state index contributed by atoms with van der Waals surface area (Å²) in [6.45, 7) is 0. The summed E-state index contributed by atoms with van der Waals surface area (Å²) in [5.41, 5.74) is 0.721. The van der Waals surface area contributed by atoms with E-state index in [1.165, 1.54) is 6.08 Å². The highest BCUT2D eigenvalue weighted by Crippen LogP contribution is 2.16. The molecule has 0 radical (unpaired) electrons. The Labute approximate surface area is 80.8 Å². The molecule has 1 heterocycles. The van der Waals surface area contributed by atoms with E-state index >= 15 is 0 Å². The van der Waals surface area contributed by atoms with E-state index in [0.29, 0.717) is 17.6 Å². The third-order valence-corrected chi connectivity index (χ3v) is 2.10. The number of pyridine rings is 1. The van der Waals surface area contributed by atoms with Crippen LogP contribution in [0.15, 0.2) is 41.4 Å². The molecule has 0 amide bonds. The van der Waals surface area contributed by atoms with Crippen LogP contribution in [0, 0.1) is 0 Å². The second-order valence-electron chi connectivity index (χ2n) is 3.03. The van der Waals surface area contributed by atoms with Crippen LogP contribution < -0.4 is 5.56 Å². The van der Waals surface area contributed by atoms with E-state index in [4.69, 9.17) is 0 Å². The van der Waals surface area contributed by atoms with Crippen LogP contribution in [0.1, 0.15) is 12.0 Å². The van der Waals surface area contributed by atoms with Crippen LogP contribution in [0.2, 0.25) is 0 Å². The molecule has 2 rings (SSSR count). The Kier molecular flexibility index (Phi) is 2.14. The summed E-state index contributed by atoms with van der Waals surface area (Å²) in [4.78, 5) is 25.4. The first-order valence-corrected chi connectivity index (χ1v) is 4.38. The molecule has 1 aliphatic carbocycles. The molecule has 3 heteroatoms. The van der Waals surface area contributed by atoms with Crippen LogP contribution in [-0.2, 0) is 4.79 Å². The van der Waals surface area contributed by atoms with E-state index in [1.807, 2.05) is 0 Å². The lowest BCUT2D eigenvalue weighted by molar-refractivity contribution is -0.109. The zero-order chi connectivity index (χ0) is 9.97. The predicted molar refractivity (Wildman–Crippen MR) is 53.8 cm³/mol. The maximum atomic E-state index is 11.4. The van der Waals surface area contributed by atoms with Gasteiger partial charge in [0.25, 0.3) is 5.56 Å². The van der Waals surface area contributed by atoms with Crippen molar-refractivity contribution in [3.05, 3.63) is 52.5 Å². The maximum absolute atomic E-state index is 11.4. The van der Waals surface area contributed by atoms with E-state index in [1.54, 1.807) is 30.5 Å². The zero-order valence-corrected chi connectivity index (χ0v) is 7.49. The average Bonchev–Trinajstić information content (AvgIpc) is 2.20. The molecule has 0 unspecified atom stereocenters. The molecule has 0 bridgehead atoms. The molecule has 1 aliphatic rings. The molecule has 0 aromatic carbocycles. The van der Waals surface area contributed by atoms with Gasteiger partial charge in [-0.1, -0.05) is 12.2 Å². The van der Waals surface area contributed by atoms with Crippen LogP contribution in [0.3, 0.4) is 0 Å². The van der Waals surface area contributed by atoms with Crippen molar-refractivity contribution in [1.82, 2.24) is 4.98 Å². The Balaban J connectivity index is 2.51. The summed E-state index contributed by atoms with van der Waals surface area (Å²) in [7, 11) is 0. The topological polar surface area (TPSA) is 49.9 Å². The van der Waals surface area contributed by atoms with Crippen molar-refractivity contribution in [2.75, 3.05) is 0 Å². The summed E-state index contributed by atoms with van der Waals surface area (Å²) >= 11 is 0. The van der Waals surface area contributed by atoms with E-state index in [-0.39, 0.29) is 11.3 Å². The van der Waals surface area contributed by atoms with Gasteiger partial charge < -0.3 is 4.98 Å². The third-order valence-electron chi connectivity index (χ3n) is 2.10. The van der Waals surface area contributed by atoms with E-state index in [2.05, 4.69) is 4.98 Å². The summed E-state index contributed by atoms with van der Waals surface area (Å²) < 4.78 is 0. The van der Waals surface area contributed by atoms with Crippen LogP contribution in [-0.4, -0.2) is 10.8 Å². The van der Waals surface area contributed by atoms with E-state index < -0.39 is 0 Å². The van der Waals surface area contributed by atoms with Crippen molar-refractivity contribution < 1.29 is 4.79 Å². The second kappa shape index (κ2) is 3.46. The van der Waals surface area contributed by atoms with Gasteiger partial charge in [0.2, 0.25) is 0 Å². The number of hydrogen-bond acceptors (Lipinski definition) is 2. The van der Waals surface area contributed by atoms with Gasteiger partial charge in [0.05, 0.1) is 5.56 Å². The minimum absolute atomic E-state index is 0.104. The zero-order valence-electron chi connectivity index (χ0n) is 7.49. The molecule has 0 spiro atoms. The Morgan fingerprint density at radius 1 is 1.29 bits per heavy atom. The number of aromatic amines is 1. The molecule has 14 heavy (non-hydrogen) atoms. The summed E-state index contributed by atoms with van der Waals surface area (Å²) in [6.07, 6.45) is 7.31. The predicted octanol–water partition coefficient (Wildman–Crippen LogP) is 1.29. The van der Waals surface area contributed by atoms with Crippen molar-refractivity contribution >= 4 is 11.4 Å². The number of carbonyl (C=O) groups excluding carboxylic acids is 1. The fourth-order valence-corrected chi connectivity index (χ4v) is 1.43. The van der Waals surface area contributed by atoms with Gasteiger partial charge in [-0.05, 0) is 24.6 Å². The van der Waals surface area contributed by atoms with Crippen molar-refractivity contribution in [2.45, 2.75) is 6.42 Å². The molecular formula is C11H9NO2. The first-order chi connectivity index (χ1) is 6.79. The number of nitrogens with one attached hydrogen (secondary N) is 1. The monoisotopic (exact) mass is 187 g/mol. The minimum Gasteiger partial charge on any atom is -0.329 e. The molecule has 0 atom stereocenters. The Hall–Kier alpha value is -1.90. The van der Waals surface area contributed by atoms with Crippen molar-refractivity contribution in [3.8, 4) is 0 Å². The van der Waals surface area contributed by atoms with Gasteiger partial charge >= 0.3 is 0 Å². The van der Waals surface area contributed by atoms with Crippen molar-refractivity contribution in [1.29, 1.82) is 0 Å². The largest absolute Gasteiger partial charge is 0.329 e. The Morgan fingerprint density at radius 3 is 2.86 bits per heavy atom. The highest BCUT2D eigenvalue weighted by Gasteiger charge is 2.13. The molecular weight excluding hydrogens is 178 g/mol. The SMILES string of the molecule is O=C1C=CCC=C1c1ccc[nH]c1=O. The van der Waals surface area contributed by atoms with Gasteiger partial charge in [-0.15, -0.1) is 0 Å². The smallest absolute Gasteiger partial charge is 0.255 e. The van der Waals surface area contributed by atoms with Gasteiger partial charge in [0.1, 0.15) is 0 Å². The highest BCUT2D eigenvalue weighted by atomic mass is 16.1. The van der Waals surface area contributed by atoms with E-state index in [9.17, 15) is 9.59 Å². The lowest BCUT2D eigenvalue weighted by Gasteiger charge is -2.05. The minimum atomic E-state index is -0.220. The van der Waals surface area contributed by atoms with Gasteiger partial charge in [0.15, 0.2) is 5.78 Å². The molecule has 0 saturated heterocycles. The molecule has 3 nitrogen and oxygen atoms in total. The van der Waals surface area contributed by atoms with Crippen LogP contribution in [0.4, 0.5) is 0 Å². The number of ketones is 1. The molecule has 1 aromatic rings. The molecule has 70 valence electrons. The molecule has 0 aliphatic heterocycles. The fourth-order valence-electron chi connectivity index (χ4n) is 1.43. The van der Waals surface area contributed by atoms with Gasteiger partial charge in [-0.25, -0.2) is 0 Å². The van der Waals surface area contributed by atoms with Crippen LogP contribution in [0.5, 0.6) is 0 Å². The second-order valence-corrected chi connectivity index (χ2v) is 3.03. The number of allylic oxidation sites excluding steroid dienone is 4. The lowest BCUT2D eigenvalue weighted by atomic mass is 9.98. The number of hydrogen-bond donors (Lipinski definition) is 1. The highest BCUT2D eigenvalue weighted by molar-refractivity contribution is 6.26. The number of aromatic nitrogens is 1. The van der Waals surface area contributed by atoms with Crippen LogP contribution >= 0.6 is 0 Å². The normalized spacial score (nSPS) is 15.4. The number of rotatable bonds is 1. The van der Waals surface area contributed by atoms with Crippen LogP contribution in [0.25, 0.3) is 5.57 Å². The maximum Gasteiger partial charge on any atom is 0.255 e. The Morgan fingerprint density at radius 2 is 2.14 bits per heavy atom. The molecule has 1 N–H and O–H groups in total. The molecule has 0 saturated carbocycles. The summed E-state index contributed by atoms with van der Waals surface area (Å²) in [6, 6.07) is 3.37. The lowest BCUT2D eigenvalue weighted by Crippen LogP contribution is -2.14. The van der Waals surface area contributed by atoms with Gasteiger partial charge in [-0.3, -0.25) is 9.59 Å². The molecule has 1 aromatic heterocycles. The molecule has 0 fully saturated rings. The third kappa shape index (κ3) is 1.44. The number of H-pyrrole nitrogens is 1. The first-order valence-electron chi connectivity index (χ1n) is 4.38. The fraction of sp³-hybridized carbons (Fsp3) is 0.0909. The van der Waals surface area contributed by atoms with Gasteiger partial charge in [-0.2, -0.15) is 0 Å². The van der Waals surface area contributed by atoms with Crippen molar-refractivity contribution in [3.63, 3.8) is 0 Å². The summed E-state index contributed by atoms with van der Waals surface area (Å²) in [5, 5.41) is 0. The first kappa shape index (κ1) is 8.69. The standard InChI is InChI=1S/C11H9NO2/c13-10-6-2-1-4-8(10)9-5-3-7-12-11(9)14/h2-7H,1H2,(H,12,14). The number of carbonyl (C=O) groups is 1.